The summed E-state index contributed by atoms with van der Waals surface area (Å²) in [5, 5.41) is 6.07. The van der Waals surface area contributed by atoms with E-state index in [0.29, 0.717) is 10.8 Å². The van der Waals surface area contributed by atoms with Gasteiger partial charge >= 0.3 is 0 Å². The predicted molar refractivity (Wildman–Crippen MR) is 56.5 cm³/mol. The van der Waals surface area contributed by atoms with Crippen LogP contribution in [0.4, 0.5) is 0 Å². The molecule has 0 spiro atoms. The fourth-order valence-corrected chi connectivity index (χ4v) is 2.76. The molecule has 1 atom stereocenters. The molecule has 0 aliphatic heterocycles. The molecule has 0 N–H and O–H groups in total. The second-order valence-corrected chi connectivity index (χ2v) is 4.73. The van der Waals surface area contributed by atoms with Crippen molar-refractivity contribution in [3.05, 3.63) is 41.3 Å². The lowest BCUT2D eigenvalue weighted by atomic mass is 10.2. The second kappa shape index (κ2) is 4.43. The van der Waals surface area contributed by atoms with Crippen LogP contribution >= 0.6 is 11.5 Å². The van der Waals surface area contributed by atoms with Crippen molar-refractivity contribution >= 4 is 22.3 Å². The molecular formula is C9H8N2OS2. The van der Waals surface area contributed by atoms with Gasteiger partial charge in [-0.05, 0) is 17.1 Å². The minimum Gasteiger partial charge on any atom is -0.252 e. The van der Waals surface area contributed by atoms with Crippen molar-refractivity contribution in [1.82, 2.24) is 9.59 Å². The zero-order valence-electron chi connectivity index (χ0n) is 7.29. The van der Waals surface area contributed by atoms with E-state index in [0.717, 1.165) is 5.56 Å². The Kier molecular flexibility index (Phi) is 3.00. The molecule has 2 aromatic rings. The van der Waals surface area contributed by atoms with Gasteiger partial charge in [0.25, 0.3) is 0 Å². The van der Waals surface area contributed by atoms with Gasteiger partial charge in [-0.1, -0.05) is 34.8 Å². The molecule has 3 nitrogen and oxygen atoms in total. The molecule has 0 bridgehead atoms. The maximum Gasteiger partial charge on any atom is 0.162 e. The molecular weight excluding hydrogens is 216 g/mol. The average molecular weight is 224 g/mol. The van der Waals surface area contributed by atoms with Gasteiger partial charge in [0.1, 0.15) is 0 Å². The summed E-state index contributed by atoms with van der Waals surface area (Å²) in [5.74, 6) is 0.506. The Morgan fingerprint density at radius 1 is 1.29 bits per heavy atom. The first-order valence-electron chi connectivity index (χ1n) is 4.05. The van der Waals surface area contributed by atoms with E-state index in [2.05, 4.69) is 9.59 Å². The number of benzene rings is 1. The van der Waals surface area contributed by atoms with E-state index >= 15 is 0 Å². The number of nitrogens with zero attached hydrogens (tertiary/aromatic N) is 2. The van der Waals surface area contributed by atoms with Crippen molar-refractivity contribution in [3.63, 3.8) is 0 Å². The van der Waals surface area contributed by atoms with Crippen molar-refractivity contribution in [1.29, 1.82) is 0 Å². The largest absolute Gasteiger partial charge is 0.252 e. The Labute approximate surface area is 88.4 Å². The third-order valence-electron chi connectivity index (χ3n) is 1.71. The normalized spacial score (nSPS) is 12.6. The molecule has 0 fully saturated rings. The molecule has 1 heterocycles. The molecule has 1 unspecified atom stereocenters. The topological polar surface area (TPSA) is 42.9 Å². The smallest absolute Gasteiger partial charge is 0.162 e. The van der Waals surface area contributed by atoms with Crippen LogP contribution in [0.25, 0.3) is 0 Å². The first kappa shape index (κ1) is 9.48. The van der Waals surface area contributed by atoms with Crippen molar-refractivity contribution in [3.8, 4) is 0 Å². The van der Waals surface area contributed by atoms with Crippen molar-refractivity contribution < 1.29 is 4.21 Å². The van der Waals surface area contributed by atoms with Gasteiger partial charge in [-0.15, -0.1) is 5.10 Å². The highest BCUT2D eigenvalue weighted by atomic mass is 32.2. The molecule has 2 rings (SSSR count). The Bertz CT molecular complexity index is 414. The quantitative estimate of drug-likeness (QED) is 0.799. The van der Waals surface area contributed by atoms with Crippen LogP contribution in [-0.2, 0) is 16.6 Å². The highest BCUT2D eigenvalue weighted by Gasteiger charge is 2.07. The maximum absolute atomic E-state index is 11.7. The lowest BCUT2D eigenvalue weighted by Gasteiger charge is -1.97. The Balaban J connectivity index is 2.10. The van der Waals surface area contributed by atoms with Gasteiger partial charge in [0, 0.05) is 5.38 Å². The lowest BCUT2D eigenvalue weighted by molar-refractivity contribution is 0.679. The molecule has 1 aromatic carbocycles. The van der Waals surface area contributed by atoms with E-state index in [-0.39, 0.29) is 0 Å². The van der Waals surface area contributed by atoms with E-state index in [1.807, 2.05) is 30.3 Å². The summed E-state index contributed by atoms with van der Waals surface area (Å²) >= 11 is 1.22. The zero-order chi connectivity index (χ0) is 9.80. The highest BCUT2D eigenvalue weighted by Crippen LogP contribution is 2.10. The standard InChI is InChI=1S/C9H8N2OS2/c12-14(9-6-13-11-10-9)7-8-4-2-1-3-5-8/h1-6H,7H2. The van der Waals surface area contributed by atoms with Crippen LogP contribution in [0.5, 0.6) is 0 Å². The monoisotopic (exact) mass is 224 g/mol. The van der Waals surface area contributed by atoms with Gasteiger partial charge in [-0.25, -0.2) is 0 Å². The van der Waals surface area contributed by atoms with Crippen molar-refractivity contribution in [2.75, 3.05) is 0 Å². The Hall–Kier alpha value is -1.07. The molecule has 72 valence electrons. The van der Waals surface area contributed by atoms with Gasteiger partial charge in [-0.2, -0.15) is 0 Å². The number of aromatic nitrogens is 2. The Morgan fingerprint density at radius 3 is 2.71 bits per heavy atom. The van der Waals surface area contributed by atoms with Crippen LogP contribution in [-0.4, -0.2) is 13.8 Å². The third-order valence-corrected chi connectivity index (χ3v) is 3.63. The number of rotatable bonds is 3. The highest BCUT2D eigenvalue weighted by molar-refractivity contribution is 7.84. The summed E-state index contributed by atoms with van der Waals surface area (Å²) in [4.78, 5) is 0. The molecule has 0 aliphatic rings. The van der Waals surface area contributed by atoms with E-state index < -0.39 is 10.8 Å². The van der Waals surface area contributed by atoms with Gasteiger partial charge in [0.15, 0.2) is 5.03 Å². The van der Waals surface area contributed by atoms with Crippen LogP contribution < -0.4 is 0 Å². The molecule has 5 heteroatoms. The first-order valence-corrected chi connectivity index (χ1v) is 6.21. The molecule has 0 radical (unpaired) electrons. The molecule has 0 saturated heterocycles. The van der Waals surface area contributed by atoms with Crippen molar-refractivity contribution in [2.24, 2.45) is 0 Å². The van der Waals surface area contributed by atoms with E-state index in [1.54, 1.807) is 5.38 Å². The van der Waals surface area contributed by atoms with E-state index in [9.17, 15) is 4.21 Å². The summed E-state index contributed by atoms with van der Waals surface area (Å²) in [6, 6.07) is 9.73. The third kappa shape index (κ3) is 2.24. The van der Waals surface area contributed by atoms with Crippen LogP contribution in [0.1, 0.15) is 5.56 Å². The minimum absolute atomic E-state index is 0.506. The lowest BCUT2D eigenvalue weighted by Crippen LogP contribution is -1.96. The first-order chi connectivity index (χ1) is 6.86. The molecule has 0 aliphatic carbocycles. The zero-order valence-corrected chi connectivity index (χ0v) is 8.92. The summed E-state index contributed by atoms with van der Waals surface area (Å²) in [5.41, 5.74) is 1.05. The van der Waals surface area contributed by atoms with Gasteiger partial charge in [-0.3, -0.25) is 4.21 Å². The molecule has 1 aromatic heterocycles. The number of hydrogen-bond donors (Lipinski definition) is 0. The number of hydrogen-bond acceptors (Lipinski definition) is 4. The molecule has 0 saturated carbocycles. The van der Waals surface area contributed by atoms with Crippen LogP contribution in [0, 0.1) is 0 Å². The summed E-state index contributed by atoms with van der Waals surface area (Å²) in [6.07, 6.45) is 0. The van der Waals surface area contributed by atoms with Gasteiger partial charge < -0.3 is 0 Å². The summed E-state index contributed by atoms with van der Waals surface area (Å²) in [6.45, 7) is 0. The summed E-state index contributed by atoms with van der Waals surface area (Å²) in [7, 11) is -1.07. The molecule has 14 heavy (non-hydrogen) atoms. The fraction of sp³-hybridized carbons (Fsp3) is 0.111. The van der Waals surface area contributed by atoms with Crippen LogP contribution in [0.15, 0.2) is 40.7 Å². The predicted octanol–water partition coefficient (Wildman–Crippen LogP) is 1.85. The second-order valence-electron chi connectivity index (χ2n) is 2.72. The average Bonchev–Trinajstić information content (AvgIpc) is 2.72. The van der Waals surface area contributed by atoms with E-state index in [4.69, 9.17) is 0 Å². The maximum atomic E-state index is 11.7. The summed E-state index contributed by atoms with van der Waals surface area (Å²) < 4.78 is 15.4. The van der Waals surface area contributed by atoms with Crippen molar-refractivity contribution in [2.45, 2.75) is 10.8 Å². The minimum atomic E-state index is -1.07. The Morgan fingerprint density at radius 2 is 2.07 bits per heavy atom. The van der Waals surface area contributed by atoms with Crippen LogP contribution in [0.3, 0.4) is 0 Å². The van der Waals surface area contributed by atoms with Gasteiger partial charge in [0.05, 0.1) is 16.6 Å². The fourth-order valence-electron chi connectivity index (χ4n) is 1.05. The van der Waals surface area contributed by atoms with Gasteiger partial charge in [0.2, 0.25) is 0 Å². The van der Waals surface area contributed by atoms with Crippen LogP contribution in [0.2, 0.25) is 0 Å². The molecule has 0 amide bonds. The SMILES string of the molecule is O=S(Cc1ccccc1)c1csnn1. The van der Waals surface area contributed by atoms with E-state index in [1.165, 1.54) is 11.5 Å².